The summed E-state index contributed by atoms with van der Waals surface area (Å²) in [6.07, 6.45) is -0.236. The maximum Gasteiger partial charge on any atom is 0.416 e. The number of hydrogen-bond donors (Lipinski definition) is 3. The summed E-state index contributed by atoms with van der Waals surface area (Å²) in [5.74, 6) is -0.558. The number of nitrogens with one attached hydrogen (secondary N) is 1. The number of nitrogens with zero attached hydrogens (tertiary/aromatic N) is 1. The third-order valence-electron chi connectivity index (χ3n) is 5.68. The van der Waals surface area contributed by atoms with Crippen LogP contribution in [0.2, 0.25) is 0 Å². The van der Waals surface area contributed by atoms with Gasteiger partial charge in [-0.1, -0.05) is 44.0 Å². The fourth-order valence-electron chi connectivity index (χ4n) is 3.93. The molecule has 1 aromatic heterocycles. The Bertz CT molecular complexity index is 1350. The lowest BCUT2D eigenvalue weighted by Crippen LogP contribution is -2.14. The fourth-order valence-corrected chi connectivity index (χ4v) is 3.93. The van der Waals surface area contributed by atoms with Crippen molar-refractivity contribution >= 4 is 11.0 Å². The highest BCUT2D eigenvalue weighted by atomic mass is 19.4. The van der Waals surface area contributed by atoms with Crippen LogP contribution in [-0.2, 0) is 12.6 Å². The van der Waals surface area contributed by atoms with E-state index in [0.29, 0.717) is 11.1 Å². The largest absolute Gasteiger partial charge is 0.507 e. The number of aryl methyl sites for hydroxylation is 1. The Labute approximate surface area is 187 Å². The zero-order valence-corrected chi connectivity index (χ0v) is 17.9. The van der Waals surface area contributed by atoms with E-state index in [1.54, 1.807) is 0 Å². The standard InChI is InChI=1S/C25H23F3N2O3/c1-2-3-4-5-15-6-8-16(9-7-15)18-13-21(23(32)14-22(18)31)30-20-11-10-17(25(26,27)28)12-19(20)29-24(30)33/h6-14,31-32H,2-5H2,1H3,(H,29,33). The molecular formula is C25H23F3N2O3. The fraction of sp³-hybridized carbons (Fsp3) is 0.240. The topological polar surface area (TPSA) is 78.2 Å². The molecule has 0 atom stereocenters. The number of phenols is 2. The average molecular weight is 456 g/mol. The van der Waals surface area contributed by atoms with Gasteiger partial charge in [-0.25, -0.2) is 4.79 Å². The van der Waals surface area contributed by atoms with Crippen LogP contribution < -0.4 is 5.69 Å². The van der Waals surface area contributed by atoms with Crippen molar-refractivity contribution in [1.29, 1.82) is 0 Å². The van der Waals surface area contributed by atoms with Gasteiger partial charge in [-0.05, 0) is 48.2 Å². The Hall–Kier alpha value is -3.68. The van der Waals surface area contributed by atoms with Crippen molar-refractivity contribution in [2.75, 3.05) is 0 Å². The van der Waals surface area contributed by atoms with Crippen LogP contribution in [0.4, 0.5) is 13.2 Å². The average Bonchev–Trinajstić information content (AvgIpc) is 3.09. The van der Waals surface area contributed by atoms with E-state index in [9.17, 15) is 28.2 Å². The lowest BCUT2D eigenvalue weighted by Gasteiger charge is -2.12. The number of hydrogen-bond acceptors (Lipinski definition) is 3. The van der Waals surface area contributed by atoms with Gasteiger partial charge in [0, 0.05) is 11.6 Å². The van der Waals surface area contributed by atoms with Gasteiger partial charge in [-0.2, -0.15) is 13.2 Å². The molecule has 0 unspecified atom stereocenters. The second-order valence-electron chi connectivity index (χ2n) is 8.01. The highest BCUT2D eigenvalue weighted by Crippen LogP contribution is 2.38. The molecule has 0 spiro atoms. The number of aromatic nitrogens is 2. The molecule has 0 bridgehead atoms. The van der Waals surface area contributed by atoms with E-state index < -0.39 is 17.4 Å². The van der Waals surface area contributed by atoms with E-state index in [2.05, 4.69) is 11.9 Å². The van der Waals surface area contributed by atoms with E-state index in [-0.39, 0.29) is 28.2 Å². The minimum Gasteiger partial charge on any atom is -0.507 e. The number of aromatic hydroxyl groups is 2. The number of phenolic OH excluding ortho intramolecular Hbond substituents is 2. The van der Waals surface area contributed by atoms with Gasteiger partial charge < -0.3 is 15.2 Å². The predicted octanol–water partition coefficient (Wildman–Crippen LogP) is 6.15. The third-order valence-corrected chi connectivity index (χ3v) is 5.68. The van der Waals surface area contributed by atoms with Gasteiger partial charge in [0.25, 0.3) is 0 Å². The molecule has 0 fully saturated rings. The SMILES string of the molecule is CCCCCc1ccc(-c2cc(-n3c(=O)[nH]c4cc(C(F)(F)F)ccc43)c(O)cc2O)cc1. The van der Waals surface area contributed by atoms with Crippen LogP contribution in [0.5, 0.6) is 11.5 Å². The number of H-pyrrole nitrogens is 1. The second kappa shape index (κ2) is 8.69. The van der Waals surface area contributed by atoms with Gasteiger partial charge in [0.15, 0.2) is 0 Å². The summed E-state index contributed by atoms with van der Waals surface area (Å²) in [6.45, 7) is 2.14. The molecule has 172 valence electrons. The molecule has 0 amide bonds. The summed E-state index contributed by atoms with van der Waals surface area (Å²) >= 11 is 0. The minimum absolute atomic E-state index is 0.0136. The summed E-state index contributed by atoms with van der Waals surface area (Å²) in [7, 11) is 0. The Morgan fingerprint density at radius 1 is 0.939 bits per heavy atom. The monoisotopic (exact) mass is 456 g/mol. The maximum absolute atomic E-state index is 13.0. The first-order chi connectivity index (χ1) is 15.7. The highest BCUT2D eigenvalue weighted by molar-refractivity contribution is 5.81. The number of benzene rings is 3. The van der Waals surface area contributed by atoms with Crippen LogP contribution in [-0.4, -0.2) is 19.8 Å². The molecule has 0 saturated heterocycles. The molecule has 4 rings (SSSR count). The molecule has 1 heterocycles. The summed E-state index contributed by atoms with van der Waals surface area (Å²) in [5, 5.41) is 20.9. The number of unbranched alkanes of at least 4 members (excludes halogenated alkanes) is 2. The van der Waals surface area contributed by atoms with Crippen LogP contribution >= 0.6 is 0 Å². The van der Waals surface area contributed by atoms with Gasteiger partial charge in [-0.15, -0.1) is 0 Å². The molecule has 0 radical (unpaired) electrons. The van der Waals surface area contributed by atoms with Gasteiger partial charge in [-0.3, -0.25) is 4.57 Å². The molecule has 33 heavy (non-hydrogen) atoms. The third kappa shape index (κ3) is 4.46. The summed E-state index contributed by atoms with van der Waals surface area (Å²) in [4.78, 5) is 15.0. The van der Waals surface area contributed by atoms with E-state index in [0.717, 1.165) is 48.4 Å². The lowest BCUT2D eigenvalue weighted by molar-refractivity contribution is -0.137. The van der Waals surface area contributed by atoms with Gasteiger partial charge in [0.2, 0.25) is 0 Å². The van der Waals surface area contributed by atoms with E-state index in [1.807, 2.05) is 24.3 Å². The van der Waals surface area contributed by atoms with Crippen LogP contribution in [0.3, 0.4) is 0 Å². The Kier molecular flexibility index (Phi) is 5.93. The molecule has 3 N–H and O–H groups in total. The summed E-state index contributed by atoms with van der Waals surface area (Å²) < 4.78 is 40.2. The zero-order chi connectivity index (χ0) is 23.8. The number of alkyl halides is 3. The lowest BCUT2D eigenvalue weighted by atomic mass is 10.00. The predicted molar refractivity (Wildman–Crippen MR) is 121 cm³/mol. The smallest absolute Gasteiger partial charge is 0.416 e. The first-order valence-corrected chi connectivity index (χ1v) is 10.7. The summed E-state index contributed by atoms with van der Waals surface area (Å²) in [5.41, 5.74) is 0.841. The van der Waals surface area contributed by atoms with Crippen LogP contribution in [0.1, 0.15) is 37.3 Å². The Balaban J connectivity index is 1.77. The molecular weight excluding hydrogens is 433 g/mol. The number of rotatable bonds is 6. The van der Waals surface area contributed by atoms with Crippen LogP contribution in [0.15, 0.2) is 59.4 Å². The molecule has 8 heteroatoms. The van der Waals surface area contributed by atoms with Gasteiger partial charge in [0.1, 0.15) is 11.5 Å². The van der Waals surface area contributed by atoms with E-state index >= 15 is 0 Å². The van der Waals surface area contributed by atoms with Crippen molar-refractivity contribution in [3.63, 3.8) is 0 Å². The molecule has 0 aliphatic heterocycles. The first-order valence-electron chi connectivity index (χ1n) is 10.7. The molecule has 3 aromatic carbocycles. The number of fused-ring (bicyclic) bond motifs is 1. The summed E-state index contributed by atoms with van der Waals surface area (Å²) in [6, 6.07) is 13.1. The Morgan fingerprint density at radius 2 is 1.67 bits per heavy atom. The van der Waals surface area contributed by atoms with Crippen molar-refractivity contribution in [2.24, 2.45) is 0 Å². The van der Waals surface area contributed by atoms with E-state index in [4.69, 9.17) is 0 Å². The van der Waals surface area contributed by atoms with Crippen LogP contribution in [0, 0.1) is 0 Å². The molecule has 4 aromatic rings. The second-order valence-corrected chi connectivity index (χ2v) is 8.01. The van der Waals surface area contributed by atoms with Gasteiger partial charge >= 0.3 is 11.9 Å². The first kappa shape index (κ1) is 22.5. The van der Waals surface area contributed by atoms with E-state index in [1.165, 1.54) is 17.7 Å². The van der Waals surface area contributed by atoms with Crippen LogP contribution in [0.25, 0.3) is 27.8 Å². The quantitative estimate of drug-likeness (QED) is 0.305. The minimum atomic E-state index is -4.55. The number of aromatic amines is 1. The maximum atomic E-state index is 13.0. The van der Waals surface area contributed by atoms with Gasteiger partial charge in [0.05, 0.1) is 22.3 Å². The number of imidazole rings is 1. The van der Waals surface area contributed by atoms with Crippen molar-refractivity contribution in [3.8, 4) is 28.3 Å². The zero-order valence-electron chi connectivity index (χ0n) is 17.9. The molecule has 5 nitrogen and oxygen atoms in total. The highest BCUT2D eigenvalue weighted by Gasteiger charge is 2.31. The van der Waals surface area contributed by atoms with Crippen molar-refractivity contribution < 1.29 is 23.4 Å². The van der Waals surface area contributed by atoms with Crippen molar-refractivity contribution in [1.82, 2.24) is 9.55 Å². The molecule has 0 saturated carbocycles. The Morgan fingerprint density at radius 3 is 2.33 bits per heavy atom. The molecule has 0 aliphatic rings. The number of halogens is 3. The molecule has 0 aliphatic carbocycles. The van der Waals surface area contributed by atoms with Crippen molar-refractivity contribution in [2.45, 2.75) is 38.8 Å². The van der Waals surface area contributed by atoms with Crippen molar-refractivity contribution in [3.05, 3.63) is 76.2 Å². The normalized spacial score (nSPS) is 11.9.